The van der Waals surface area contributed by atoms with E-state index >= 15 is 0 Å². The number of nitrogens with zero attached hydrogens (tertiary/aromatic N) is 1. The molecule has 5 heteroatoms. The van der Waals surface area contributed by atoms with Crippen LogP contribution in [0, 0.1) is 0 Å². The summed E-state index contributed by atoms with van der Waals surface area (Å²) in [6.45, 7) is 0.602. The van der Waals surface area contributed by atoms with E-state index in [2.05, 4.69) is 10.2 Å². The molecule has 2 rings (SSSR count). The summed E-state index contributed by atoms with van der Waals surface area (Å²) in [4.78, 5) is 0. The number of hydrogen-bond donors (Lipinski definition) is 3. The Morgan fingerprint density at radius 2 is 2.21 bits per heavy atom. The minimum Gasteiger partial charge on any atom is -0.506 e. The second kappa shape index (κ2) is 4.30. The summed E-state index contributed by atoms with van der Waals surface area (Å²) in [6, 6.07) is 3.53. The van der Waals surface area contributed by atoms with Gasteiger partial charge in [0.2, 0.25) is 0 Å². The van der Waals surface area contributed by atoms with Crippen LogP contribution in [0.4, 0.5) is 0 Å². The first-order valence-corrected chi connectivity index (χ1v) is 4.17. The van der Waals surface area contributed by atoms with Gasteiger partial charge in [-0.3, -0.25) is 5.10 Å². The maximum absolute atomic E-state index is 9.45. The van der Waals surface area contributed by atoms with Gasteiger partial charge in [0.15, 0.2) is 0 Å². The first-order chi connectivity index (χ1) is 6.33. The number of halogens is 1. The van der Waals surface area contributed by atoms with E-state index in [1.165, 1.54) is 0 Å². The lowest BCUT2D eigenvalue weighted by Gasteiger charge is -2.01. The Morgan fingerprint density at radius 3 is 2.93 bits per heavy atom. The minimum atomic E-state index is 0. The average molecular weight is 214 g/mol. The van der Waals surface area contributed by atoms with Crippen molar-refractivity contribution in [2.24, 2.45) is 5.73 Å². The van der Waals surface area contributed by atoms with Gasteiger partial charge in [0.05, 0.1) is 6.20 Å². The summed E-state index contributed by atoms with van der Waals surface area (Å²) in [7, 11) is 0. The normalized spacial score (nSPS) is 10.1. The van der Waals surface area contributed by atoms with E-state index in [4.69, 9.17) is 5.73 Å². The molecule has 0 unspecified atom stereocenters. The van der Waals surface area contributed by atoms with Crippen molar-refractivity contribution in [2.45, 2.75) is 6.42 Å². The Kier molecular flexibility index (Phi) is 3.33. The molecule has 4 nitrogen and oxygen atoms in total. The molecule has 2 aromatic rings. The van der Waals surface area contributed by atoms with Crippen LogP contribution in [-0.2, 0) is 6.42 Å². The second-order valence-electron chi connectivity index (χ2n) is 2.94. The number of nitrogens with one attached hydrogen (secondary N) is 1. The SMILES string of the molecule is Cl.NCCc1ccc(O)c2[nH]ncc12. The topological polar surface area (TPSA) is 74.9 Å². The number of aromatic hydroxyl groups is 1. The summed E-state index contributed by atoms with van der Waals surface area (Å²) in [6.07, 6.45) is 2.51. The highest BCUT2D eigenvalue weighted by Crippen LogP contribution is 2.25. The van der Waals surface area contributed by atoms with E-state index < -0.39 is 0 Å². The molecular formula is C9H12ClN3O. The van der Waals surface area contributed by atoms with Crippen molar-refractivity contribution in [1.29, 1.82) is 0 Å². The lowest BCUT2D eigenvalue weighted by molar-refractivity contribution is 0.480. The van der Waals surface area contributed by atoms with E-state index in [-0.39, 0.29) is 18.2 Å². The van der Waals surface area contributed by atoms with Gasteiger partial charge in [-0.25, -0.2) is 0 Å². The molecule has 4 N–H and O–H groups in total. The molecule has 0 saturated heterocycles. The highest BCUT2D eigenvalue weighted by molar-refractivity contribution is 5.86. The van der Waals surface area contributed by atoms with Gasteiger partial charge in [-0.1, -0.05) is 6.07 Å². The van der Waals surface area contributed by atoms with Crippen molar-refractivity contribution in [3.05, 3.63) is 23.9 Å². The molecule has 0 aliphatic carbocycles. The Balaban J connectivity index is 0.000000980. The lowest BCUT2D eigenvalue weighted by atomic mass is 10.1. The molecule has 76 valence electrons. The molecule has 0 aliphatic heterocycles. The summed E-state index contributed by atoms with van der Waals surface area (Å²) in [5, 5.41) is 17.0. The number of hydrogen-bond acceptors (Lipinski definition) is 3. The fraction of sp³-hybridized carbons (Fsp3) is 0.222. The number of rotatable bonds is 2. The van der Waals surface area contributed by atoms with Crippen molar-refractivity contribution >= 4 is 23.3 Å². The molecule has 14 heavy (non-hydrogen) atoms. The Bertz CT molecular complexity index is 427. The summed E-state index contributed by atoms with van der Waals surface area (Å²) in [5.74, 6) is 0.230. The van der Waals surface area contributed by atoms with Gasteiger partial charge in [0.25, 0.3) is 0 Å². The van der Waals surface area contributed by atoms with Crippen LogP contribution < -0.4 is 5.73 Å². The first kappa shape index (κ1) is 10.8. The molecule has 1 aromatic carbocycles. The van der Waals surface area contributed by atoms with Crippen molar-refractivity contribution in [3.8, 4) is 5.75 Å². The molecule has 1 aromatic heterocycles. The predicted octanol–water partition coefficient (Wildman–Crippen LogP) is 1.19. The number of nitrogens with two attached hydrogens (primary N) is 1. The first-order valence-electron chi connectivity index (χ1n) is 4.17. The van der Waals surface area contributed by atoms with Crippen LogP contribution >= 0.6 is 12.4 Å². The summed E-state index contributed by atoms with van der Waals surface area (Å²) in [5.41, 5.74) is 7.27. The van der Waals surface area contributed by atoms with E-state index in [9.17, 15) is 5.11 Å². The number of phenolic OH excluding ortho intramolecular Hbond substituents is 1. The van der Waals surface area contributed by atoms with Crippen LogP contribution in [0.25, 0.3) is 10.9 Å². The van der Waals surface area contributed by atoms with Crippen LogP contribution in [0.3, 0.4) is 0 Å². The second-order valence-corrected chi connectivity index (χ2v) is 2.94. The monoisotopic (exact) mass is 213 g/mol. The van der Waals surface area contributed by atoms with Crippen molar-refractivity contribution in [2.75, 3.05) is 6.54 Å². The smallest absolute Gasteiger partial charge is 0.141 e. The van der Waals surface area contributed by atoms with Crippen molar-refractivity contribution in [3.63, 3.8) is 0 Å². The van der Waals surface area contributed by atoms with Gasteiger partial charge in [-0.05, 0) is 24.6 Å². The Hall–Kier alpha value is -1.26. The van der Waals surface area contributed by atoms with E-state index in [1.807, 2.05) is 6.07 Å². The standard InChI is InChI=1S/C9H11N3O.ClH/c10-4-3-6-1-2-8(13)9-7(6)5-11-12-9;/h1-2,5,13H,3-4,10H2,(H,11,12);1H. The van der Waals surface area contributed by atoms with Gasteiger partial charge in [0.1, 0.15) is 11.3 Å². The molecule has 0 bridgehead atoms. The summed E-state index contributed by atoms with van der Waals surface area (Å²) >= 11 is 0. The van der Waals surface area contributed by atoms with Crippen molar-refractivity contribution < 1.29 is 5.11 Å². The molecule has 0 radical (unpaired) electrons. The Labute approximate surface area is 87.5 Å². The van der Waals surface area contributed by atoms with Gasteiger partial charge < -0.3 is 10.8 Å². The predicted molar refractivity (Wildman–Crippen MR) is 57.8 cm³/mol. The van der Waals surface area contributed by atoms with Crippen LogP contribution in [0.15, 0.2) is 18.3 Å². The molecule has 0 aliphatic rings. The van der Waals surface area contributed by atoms with Gasteiger partial charge >= 0.3 is 0 Å². The van der Waals surface area contributed by atoms with E-state index in [0.717, 1.165) is 17.4 Å². The third-order valence-electron chi connectivity index (χ3n) is 2.10. The van der Waals surface area contributed by atoms with Gasteiger partial charge in [-0.15, -0.1) is 12.4 Å². The zero-order valence-corrected chi connectivity index (χ0v) is 8.34. The number of aromatic nitrogens is 2. The largest absolute Gasteiger partial charge is 0.506 e. The Morgan fingerprint density at radius 1 is 1.43 bits per heavy atom. The number of benzene rings is 1. The highest BCUT2D eigenvalue weighted by Gasteiger charge is 2.05. The molecule has 0 atom stereocenters. The fourth-order valence-electron chi connectivity index (χ4n) is 1.45. The maximum Gasteiger partial charge on any atom is 0.141 e. The quantitative estimate of drug-likeness (QED) is 0.702. The minimum absolute atomic E-state index is 0. The van der Waals surface area contributed by atoms with E-state index in [1.54, 1.807) is 12.3 Å². The summed E-state index contributed by atoms with van der Waals surface area (Å²) < 4.78 is 0. The van der Waals surface area contributed by atoms with Crippen LogP contribution in [0.1, 0.15) is 5.56 Å². The molecular weight excluding hydrogens is 202 g/mol. The van der Waals surface area contributed by atoms with Crippen LogP contribution in [0.5, 0.6) is 5.75 Å². The number of fused-ring (bicyclic) bond motifs is 1. The highest BCUT2D eigenvalue weighted by atomic mass is 35.5. The van der Waals surface area contributed by atoms with Gasteiger partial charge in [0, 0.05) is 5.39 Å². The zero-order chi connectivity index (χ0) is 9.26. The third kappa shape index (κ3) is 1.66. The number of H-pyrrole nitrogens is 1. The molecule has 0 spiro atoms. The zero-order valence-electron chi connectivity index (χ0n) is 7.53. The third-order valence-corrected chi connectivity index (χ3v) is 2.10. The van der Waals surface area contributed by atoms with Crippen LogP contribution in [0.2, 0.25) is 0 Å². The van der Waals surface area contributed by atoms with E-state index in [0.29, 0.717) is 12.1 Å². The molecule has 0 amide bonds. The van der Waals surface area contributed by atoms with Crippen molar-refractivity contribution in [1.82, 2.24) is 10.2 Å². The van der Waals surface area contributed by atoms with Gasteiger partial charge in [-0.2, -0.15) is 5.10 Å². The average Bonchev–Trinajstić information content (AvgIpc) is 2.59. The molecule has 1 heterocycles. The van der Waals surface area contributed by atoms with Crippen LogP contribution in [-0.4, -0.2) is 21.8 Å². The maximum atomic E-state index is 9.45. The lowest BCUT2D eigenvalue weighted by Crippen LogP contribution is -2.02. The number of aromatic amines is 1. The number of phenols is 1. The molecule has 0 saturated carbocycles. The fourth-order valence-corrected chi connectivity index (χ4v) is 1.45. The molecule has 0 fully saturated rings.